The number of benzene rings is 3. The topological polar surface area (TPSA) is 89.8 Å². The van der Waals surface area contributed by atoms with Crippen LogP contribution in [0.3, 0.4) is 0 Å². The third-order valence-electron chi connectivity index (χ3n) is 7.74. The minimum atomic E-state index is -4.05. The summed E-state index contributed by atoms with van der Waals surface area (Å²) in [5, 5.41) is 13.8. The highest BCUT2D eigenvalue weighted by Gasteiger charge is 2.50. The van der Waals surface area contributed by atoms with Crippen LogP contribution < -0.4 is 10.4 Å². The van der Waals surface area contributed by atoms with Crippen LogP contribution in [0.4, 0.5) is 5.69 Å². The molecule has 0 radical (unpaired) electrons. The highest BCUT2D eigenvalue weighted by Crippen LogP contribution is 2.37. The predicted octanol–water partition coefficient (Wildman–Crippen LogP) is 5.68. The minimum Gasteiger partial charge on any atom is -0.407 e. The van der Waals surface area contributed by atoms with Crippen LogP contribution in [-0.2, 0) is 14.4 Å². The maximum absolute atomic E-state index is 13.4. The van der Waals surface area contributed by atoms with Gasteiger partial charge in [-0.3, -0.25) is 10.1 Å². The number of nitro benzene ring substituents is 1. The lowest BCUT2D eigenvalue weighted by atomic mass is 9.92. The summed E-state index contributed by atoms with van der Waals surface area (Å²) in [6.45, 7) is 11.6. The number of nitro groups is 1. The standard InChI is InChI=1S/C32H38N2O5SSi/c1-5-26-25-33(40(37,38)31-21-13-12-20-30(31)34(35)36)23-22-27(26)15-14-24-39-41(32(2,3)4,28-16-8-6-9-17-28)29-18-10-7-11-19-29/h5-13,16-22,26H,1,14-15,23-25H2,2-4H3. The first-order chi connectivity index (χ1) is 19.5. The summed E-state index contributed by atoms with van der Waals surface area (Å²) in [5.74, 6) is -0.186. The summed E-state index contributed by atoms with van der Waals surface area (Å²) in [5.41, 5.74) is 0.693. The van der Waals surface area contributed by atoms with E-state index in [2.05, 4.69) is 75.9 Å². The van der Waals surface area contributed by atoms with Crippen molar-refractivity contribution in [2.24, 2.45) is 5.92 Å². The molecule has 3 aromatic rings. The molecule has 4 rings (SSSR count). The van der Waals surface area contributed by atoms with Crippen molar-refractivity contribution in [2.45, 2.75) is 43.5 Å². The van der Waals surface area contributed by atoms with Crippen molar-refractivity contribution in [3.63, 3.8) is 0 Å². The van der Waals surface area contributed by atoms with Crippen molar-refractivity contribution in [1.82, 2.24) is 4.31 Å². The Labute approximate surface area is 244 Å². The second-order valence-corrected chi connectivity index (χ2v) is 17.5. The van der Waals surface area contributed by atoms with Crippen LogP contribution in [0, 0.1) is 16.0 Å². The van der Waals surface area contributed by atoms with Crippen LogP contribution in [0.25, 0.3) is 0 Å². The molecule has 1 heterocycles. The first-order valence-corrected chi connectivity index (χ1v) is 17.2. The van der Waals surface area contributed by atoms with Crippen LogP contribution >= 0.6 is 0 Å². The molecule has 0 bridgehead atoms. The maximum Gasteiger partial charge on any atom is 0.289 e. The Morgan fingerprint density at radius 1 is 1.00 bits per heavy atom. The van der Waals surface area contributed by atoms with Gasteiger partial charge < -0.3 is 4.43 Å². The predicted molar refractivity (Wildman–Crippen MR) is 166 cm³/mol. The highest BCUT2D eigenvalue weighted by atomic mass is 32.2. The largest absolute Gasteiger partial charge is 0.407 e. The quantitative estimate of drug-likeness (QED) is 0.0942. The molecule has 0 spiro atoms. The lowest BCUT2D eigenvalue weighted by molar-refractivity contribution is -0.387. The molecule has 1 atom stereocenters. The van der Waals surface area contributed by atoms with E-state index >= 15 is 0 Å². The smallest absolute Gasteiger partial charge is 0.289 e. The van der Waals surface area contributed by atoms with E-state index in [0.717, 1.165) is 18.4 Å². The van der Waals surface area contributed by atoms with Gasteiger partial charge in [0, 0.05) is 31.7 Å². The first kappa shape index (κ1) is 30.6. The molecule has 0 amide bonds. The Balaban J connectivity index is 1.52. The second kappa shape index (κ2) is 12.6. The fraction of sp³-hybridized carbons (Fsp3) is 0.312. The third-order valence-corrected chi connectivity index (χ3v) is 14.7. The molecule has 9 heteroatoms. The van der Waals surface area contributed by atoms with Gasteiger partial charge in [-0.25, -0.2) is 8.42 Å². The number of sulfonamides is 1. The van der Waals surface area contributed by atoms with Gasteiger partial charge in [0.2, 0.25) is 10.0 Å². The lowest BCUT2D eigenvalue weighted by Crippen LogP contribution is -2.66. The first-order valence-electron chi connectivity index (χ1n) is 13.8. The normalized spacial score (nSPS) is 16.7. The lowest BCUT2D eigenvalue weighted by Gasteiger charge is -2.43. The molecule has 1 aliphatic rings. The van der Waals surface area contributed by atoms with E-state index in [1.165, 1.54) is 38.9 Å². The average molecular weight is 591 g/mol. The summed E-state index contributed by atoms with van der Waals surface area (Å²) in [6.07, 6.45) is 5.20. The zero-order valence-corrected chi connectivity index (χ0v) is 25.7. The van der Waals surface area contributed by atoms with Crippen molar-refractivity contribution in [2.75, 3.05) is 19.7 Å². The number of rotatable bonds is 11. The summed E-state index contributed by atoms with van der Waals surface area (Å²) in [6, 6.07) is 26.5. The molecule has 41 heavy (non-hydrogen) atoms. The Morgan fingerprint density at radius 2 is 1.56 bits per heavy atom. The van der Waals surface area contributed by atoms with Gasteiger partial charge in [-0.05, 0) is 34.3 Å². The van der Waals surface area contributed by atoms with Gasteiger partial charge in [0.25, 0.3) is 14.0 Å². The van der Waals surface area contributed by atoms with E-state index in [1.807, 2.05) is 18.2 Å². The Morgan fingerprint density at radius 3 is 2.10 bits per heavy atom. The molecule has 0 fully saturated rings. The van der Waals surface area contributed by atoms with Crippen LogP contribution in [0.2, 0.25) is 5.04 Å². The highest BCUT2D eigenvalue weighted by molar-refractivity contribution is 7.89. The van der Waals surface area contributed by atoms with Crippen molar-refractivity contribution >= 4 is 34.4 Å². The van der Waals surface area contributed by atoms with Gasteiger partial charge in [-0.15, -0.1) is 6.58 Å². The minimum absolute atomic E-state index is 0.113. The van der Waals surface area contributed by atoms with E-state index in [1.54, 1.807) is 6.08 Å². The molecule has 0 saturated heterocycles. The fourth-order valence-corrected chi connectivity index (χ4v) is 11.9. The maximum atomic E-state index is 13.4. The number of hydrogen-bond donors (Lipinski definition) is 0. The monoisotopic (exact) mass is 590 g/mol. The van der Waals surface area contributed by atoms with E-state index in [9.17, 15) is 18.5 Å². The molecule has 0 aliphatic carbocycles. The van der Waals surface area contributed by atoms with Crippen LogP contribution in [0.15, 0.2) is 114 Å². The van der Waals surface area contributed by atoms with Gasteiger partial charge in [0.1, 0.15) is 0 Å². The van der Waals surface area contributed by atoms with Gasteiger partial charge in [0.05, 0.1) is 4.92 Å². The molecular formula is C32H38N2O5SSi. The van der Waals surface area contributed by atoms with Crippen LogP contribution in [-0.4, -0.2) is 45.7 Å². The Bertz CT molecular complexity index is 1460. The molecular weight excluding hydrogens is 553 g/mol. The zero-order valence-electron chi connectivity index (χ0n) is 23.9. The molecule has 1 unspecified atom stereocenters. The number of nitrogens with zero attached hydrogens (tertiary/aromatic N) is 2. The second-order valence-electron chi connectivity index (χ2n) is 11.3. The summed E-state index contributed by atoms with van der Waals surface area (Å²) < 4.78 is 35.0. The number of hydrogen-bond acceptors (Lipinski definition) is 5. The van der Waals surface area contributed by atoms with Gasteiger partial charge in [-0.2, -0.15) is 4.31 Å². The number of para-hydroxylation sites is 1. The molecule has 0 saturated carbocycles. The van der Waals surface area contributed by atoms with E-state index in [0.29, 0.717) is 6.61 Å². The van der Waals surface area contributed by atoms with Gasteiger partial charge >= 0.3 is 0 Å². The Kier molecular flexibility index (Phi) is 9.43. The molecule has 7 nitrogen and oxygen atoms in total. The molecule has 0 aromatic heterocycles. The third kappa shape index (κ3) is 6.28. The molecule has 0 N–H and O–H groups in total. The molecule has 3 aromatic carbocycles. The molecule has 1 aliphatic heterocycles. The zero-order chi connectivity index (χ0) is 29.7. The van der Waals surface area contributed by atoms with Crippen molar-refractivity contribution < 1.29 is 17.8 Å². The van der Waals surface area contributed by atoms with E-state index < -0.39 is 29.0 Å². The van der Waals surface area contributed by atoms with Crippen LogP contribution in [0.5, 0.6) is 0 Å². The van der Waals surface area contributed by atoms with Crippen LogP contribution in [0.1, 0.15) is 33.6 Å². The fourth-order valence-electron chi connectivity index (χ4n) is 5.72. The van der Waals surface area contributed by atoms with E-state index in [-0.39, 0.29) is 28.9 Å². The van der Waals surface area contributed by atoms with Crippen molar-refractivity contribution in [1.29, 1.82) is 0 Å². The average Bonchev–Trinajstić information content (AvgIpc) is 2.97. The van der Waals surface area contributed by atoms with Crippen molar-refractivity contribution in [3.05, 3.63) is 119 Å². The van der Waals surface area contributed by atoms with Gasteiger partial charge in [-0.1, -0.05) is 111 Å². The van der Waals surface area contributed by atoms with E-state index in [4.69, 9.17) is 4.43 Å². The summed E-state index contributed by atoms with van der Waals surface area (Å²) in [7, 11) is -6.68. The molecule has 216 valence electrons. The SMILES string of the molecule is C=CC1CN(S(=O)(=O)c2ccccc2[N+](=O)[O-])CC=C1CCCO[Si](c1ccccc1)(c1ccccc1)C(C)(C)C. The Hall–Kier alpha value is -3.37. The summed E-state index contributed by atoms with van der Waals surface area (Å²) >= 11 is 0. The van der Waals surface area contributed by atoms with Crippen molar-refractivity contribution in [3.8, 4) is 0 Å². The van der Waals surface area contributed by atoms with Gasteiger partial charge in [0.15, 0.2) is 4.90 Å². The summed E-state index contributed by atoms with van der Waals surface area (Å²) in [4.78, 5) is 10.5.